The van der Waals surface area contributed by atoms with Gasteiger partial charge < -0.3 is 9.15 Å². The Kier molecular flexibility index (Phi) is 4.69. The molecule has 0 unspecified atom stereocenters. The standard InChI is InChI=1S/C15H17N5O4/c1-2-8-20-13(16-17-18-20)10-23-14(21)7-9-19-11-5-3-4-6-12(11)24-15(19)22/h3-6H,2,7-10H2,1H3. The Morgan fingerprint density at radius 2 is 2.12 bits per heavy atom. The summed E-state index contributed by atoms with van der Waals surface area (Å²) in [6.07, 6.45) is 0.932. The summed E-state index contributed by atoms with van der Waals surface area (Å²) in [6, 6.07) is 7.06. The fraction of sp³-hybridized carbons (Fsp3) is 0.400. The van der Waals surface area contributed by atoms with E-state index in [1.165, 1.54) is 4.57 Å². The highest BCUT2D eigenvalue weighted by Gasteiger charge is 2.12. The molecule has 0 amide bonds. The number of ether oxygens (including phenoxy) is 1. The van der Waals surface area contributed by atoms with Crippen LogP contribution in [0.5, 0.6) is 0 Å². The lowest BCUT2D eigenvalue weighted by atomic mass is 10.3. The zero-order chi connectivity index (χ0) is 16.9. The lowest BCUT2D eigenvalue weighted by Crippen LogP contribution is -2.18. The van der Waals surface area contributed by atoms with Crippen molar-refractivity contribution in [2.45, 2.75) is 39.5 Å². The van der Waals surface area contributed by atoms with Crippen LogP contribution in [-0.4, -0.2) is 30.7 Å². The van der Waals surface area contributed by atoms with E-state index >= 15 is 0 Å². The number of aryl methyl sites for hydroxylation is 2. The van der Waals surface area contributed by atoms with Crippen molar-refractivity contribution in [1.82, 2.24) is 24.8 Å². The van der Waals surface area contributed by atoms with Gasteiger partial charge in [-0.05, 0) is 29.0 Å². The minimum absolute atomic E-state index is 0.00681. The van der Waals surface area contributed by atoms with Crippen LogP contribution in [0.2, 0.25) is 0 Å². The summed E-state index contributed by atoms with van der Waals surface area (Å²) < 4.78 is 13.3. The van der Waals surface area contributed by atoms with Crippen LogP contribution >= 0.6 is 0 Å². The van der Waals surface area contributed by atoms with E-state index in [0.717, 1.165) is 6.42 Å². The minimum Gasteiger partial charge on any atom is -0.457 e. The molecule has 0 aliphatic carbocycles. The van der Waals surface area contributed by atoms with Crippen molar-refractivity contribution in [2.75, 3.05) is 0 Å². The fourth-order valence-electron chi connectivity index (χ4n) is 2.36. The van der Waals surface area contributed by atoms with E-state index in [9.17, 15) is 9.59 Å². The Balaban J connectivity index is 1.58. The van der Waals surface area contributed by atoms with E-state index in [1.807, 2.05) is 6.92 Å². The zero-order valence-corrected chi connectivity index (χ0v) is 13.2. The fourth-order valence-corrected chi connectivity index (χ4v) is 2.36. The van der Waals surface area contributed by atoms with E-state index in [-0.39, 0.29) is 19.6 Å². The molecule has 0 bridgehead atoms. The van der Waals surface area contributed by atoms with Crippen molar-refractivity contribution in [3.05, 3.63) is 40.6 Å². The summed E-state index contributed by atoms with van der Waals surface area (Å²) >= 11 is 0. The molecule has 126 valence electrons. The number of carbonyl (C=O) groups excluding carboxylic acids is 1. The first kappa shape index (κ1) is 15.9. The quantitative estimate of drug-likeness (QED) is 0.597. The maximum atomic E-state index is 11.9. The number of tetrazole rings is 1. The van der Waals surface area contributed by atoms with Crippen LogP contribution in [-0.2, 0) is 29.2 Å². The summed E-state index contributed by atoms with van der Waals surface area (Å²) in [5.74, 6) is -0.426. The average molecular weight is 331 g/mol. The van der Waals surface area contributed by atoms with E-state index in [1.54, 1.807) is 28.9 Å². The second-order valence-electron chi connectivity index (χ2n) is 5.22. The van der Waals surface area contributed by atoms with Gasteiger partial charge in [-0.15, -0.1) is 5.10 Å². The van der Waals surface area contributed by atoms with Crippen molar-refractivity contribution in [3.8, 4) is 0 Å². The summed E-state index contributed by atoms with van der Waals surface area (Å²) in [5, 5.41) is 11.2. The maximum Gasteiger partial charge on any atom is 0.419 e. The molecule has 24 heavy (non-hydrogen) atoms. The van der Waals surface area contributed by atoms with Gasteiger partial charge in [0, 0.05) is 13.1 Å². The number of oxazole rings is 1. The van der Waals surface area contributed by atoms with Crippen molar-refractivity contribution >= 4 is 17.1 Å². The third kappa shape index (κ3) is 3.34. The Morgan fingerprint density at radius 3 is 2.96 bits per heavy atom. The van der Waals surface area contributed by atoms with Gasteiger partial charge >= 0.3 is 11.7 Å². The molecule has 9 nitrogen and oxygen atoms in total. The SMILES string of the molecule is CCCn1nnnc1COC(=O)CCn1c(=O)oc2ccccc21. The van der Waals surface area contributed by atoms with Crippen LogP contribution in [0.1, 0.15) is 25.6 Å². The van der Waals surface area contributed by atoms with Gasteiger partial charge in [0.2, 0.25) is 0 Å². The molecular formula is C15H17N5O4. The van der Waals surface area contributed by atoms with Gasteiger partial charge in [0.15, 0.2) is 18.0 Å². The maximum absolute atomic E-state index is 11.9. The molecule has 9 heteroatoms. The predicted octanol–water partition coefficient (Wildman–Crippen LogP) is 1.12. The number of carbonyl (C=O) groups is 1. The average Bonchev–Trinajstić information content (AvgIpc) is 3.15. The Labute approximate surface area is 136 Å². The van der Waals surface area contributed by atoms with Gasteiger partial charge in [-0.3, -0.25) is 9.36 Å². The first-order valence-corrected chi connectivity index (χ1v) is 7.68. The molecule has 0 radical (unpaired) electrons. The molecule has 0 saturated carbocycles. The molecule has 0 fully saturated rings. The summed E-state index contributed by atoms with van der Waals surface area (Å²) in [7, 11) is 0. The highest BCUT2D eigenvalue weighted by atomic mass is 16.5. The molecule has 0 saturated heterocycles. The van der Waals surface area contributed by atoms with Crippen LogP contribution in [0, 0.1) is 0 Å². The van der Waals surface area contributed by atoms with E-state index in [4.69, 9.17) is 9.15 Å². The normalized spacial score (nSPS) is 11.0. The van der Waals surface area contributed by atoms with Crippen LogP contribution in [0.25, 0.3) is 11.1 Å². The molecule has 1 aromatic carbocycles. The Morgan fingerprint density at radius 1 is 1.29 bits per heavy atom. The van der Waals surface area contributed by atoms with Crippen LogP contribution < -0.4 is 5.76 Å². The summed E-state index contributed by atoms with van der Waals surface area (Å²) in [5.41, 5.74) is 1.15. The van der Waals surface area contributed by atoms with Gasteiger partial charge in [-0.1, -0.05) is 19.1 Å². The van der Waals surface area contributed by atoms with Gasteiger partial charge in [-0.25, -0.2) is 9.48 Å². The third-order valence-electron chi connectivity index (χ3n) is 3.52. The number of para-hydroxylation sites is 2. The van der Waals surface area contributed by atoms with Crippen molar-refractivity contribution in [1.29, 1.82) is 0 Å². The molecule has 2 aromatic heterocycles. The first-order valence-electron chi connectivity index (χ1n) is 7.68. The zero-order valence-electron chi connectivity index (χ0n) is 13.2. The summed E-state index contributed by atoms with van der Waals surface area (Å²) in [6.45, 7) is 2.86. The second kappa shape index (κ2) is 7.07. The highest BCUT2D eigenvalue weighted by molar-refractivity contribution is 5.73. The minimum atomic E-state index is -0.490. The second-order valence-corrected chi connectivity index (χ2v) is 5.22. The summed E-state index contributed by atoms with van der Waals surface area (Å²) in [4.78, 5) is 23.7. The lowest BCUT2D eigenvalue weighted by Gasteiger charge is -2.05. The Bertz CT molecular complexity index is 895. The van der Waals surface area contributed by atoms with Crippen LogP contribution in [0.4, 0.5) is 0 Å². The Hall–Kier alpha value is -2.97. The number of benzene rings is 1. The van der Waals surface area contributed by atoms with Crippen molar-refractivity contribution < 1.29 is 13.9 Å². The van der Waals surface area contributed by atoms with E-state index in [2.05, 4.69) is 15.5 Å². The number of rotatable bonds is 7. The molecule has 3 rings (SSSR count). The van der Waals surface area contributed by atoms with E-state index in [0.29, 0.717) is 23.5 Å². The van der Waals surface area contributed by atoms with Crippen LogP contribution in [0.15, 0.2) is 33.5 Å². The molecule has 0 aliphatic heterocycles. The molecule has 0 N–H and O–H groups in total. The van der Waals surface area contributed by atoms with Crippen molar-refractivity contribution in [2.24, 2.45) is 0 Å². The van der Waals surface area contributed by atoms with Crippen LogP contribution in [0.3, 0.4) is 0 Å². The number of aromatic nitrogens is 5. The van der Waals surface area contributed by atoms with Gasteiger partial charge in [0.05, 0.1) is 11.9 Å². The third-order valence-corrected chi connectivity index (χ3v) is 3.52. The monoisotopic (exact) mass is 331 g/mol. The molecular weight excluding hydrogens is 314 g/mol. The largest absolute Gasteiger partial charge is 0.457 e. The van der Waals surface area contributed by atoms with E-state index < -0.39 is 11.7 Å². The lowest BCUT2D eigenvalue weighted by molar-refractivity contribution is -0.145. The highest BCUT2D eigenvalue weighted by Crippen LogP contribution is 2.12. The number of fused-ring (bicyclic) bond motifs is 1. The number of nitrogens with zero attached hydrogens (tertiary/aromatic N) is 5. The number of hydrogen-bond acceptors (Lipinski definition) is 7. The predicted molar refractivity (Wildman–Crippen MR) is 83.0 cm³/mol. The topological polar surface area (TPSA) is 105 Å². The first-order chi connectivity index (χ1) is 11.7. The van der Waals surface area contributed by atoms with Gasteiger partial charge in [0.25, 0.3) is 0 Å². The number of esters is 1. The molecule has 0 aliphatic rings. The number of hydrogen-bond donors (Lipinski definition) is 0. The van der Waals surface area contributed by atoms with Crippen molar-refractivity contribution in [3.63, 3.8) is 0 Å². The van der Waals surface area contributed by atoms with Gasteiger partial charge in [0.1, 0.15) is 0 Å². The molecule has 0 spiro atoms. The smallest absolute Gasteiger partial charge is 0.419 e. The molecule has 3 aromatic rings. The van der Waals surface area contributed by atoms with Gasteiger partial charge in [-0.2, -0.15) is 0 Å². The molecule has 2 heterocycles. The molecule has 0 atom stereocenters.